The summed E-state index contributed by atoms with van der Waals surface area (Å²) in [6, 6.07) is 5.37. The minimum atomic E-state index is -0.0384. The topological polar surface area (TPSA) is 42.4 Å². The van der Waals surface area contributed by atoms with Crippen LogP contribution in [0.15, 0.2) is 18.2 Å². The summed E-state index contributed by atoms with van der Waals surface area (Å²) in [6.07, 6.45) is 0.963. The first-order valence-corrected chi connectivity index (χ1v) is 4.06. The molecular formula is C9H13NO2. The van der Waals surface area contributed by atoms with Crippen molar-refractivity contribution >= 4 is 0 Å². The first-order valence-electron chi connectivity index (χ1n) is 4.06. The molecule has 0 radical (unpaired) electrons. The Bertz CT molecular complexity index is 238. The molecule has 0 bridgehead atoms. The molecule has 0 spiro atoms. The van der Waals surface area contributed by atoms with Gasteiger partial charge in [-0.05, 0) is 12.5 Å². The quantitative estimate of drug-likeness (QED) is 0.736. The van der Waals surface area contributed by atoms with E-state index >= 15 is 0 Å². The largest absolute Gasteiger partial charge is 0.478 e. The van der Waals surface area contributed by atoms with Crippen molar-refractivity contribution in [2.45, 2.75) is 20.0 Å². The minimum absolute atomic E-state index is 0.0384. The fourth-order valence-corrected chi connectivity index (χ4v) is 0.833. The van der Waals surface area contributed by atoms with Gasteiger partial charge in [-0.3, -0.25) is 0 Å². The molecule has 0 fully saturated rings. The summed E-state index contributed by atoms with van der Waals surface area (Å²) in [7, 11) is 0. The van der Waals surface area contributed by atoms with E-state index in [0.717, 1.165) is 6.42 Å². The molecule has 3 heteroatoms. The van der Waals surface area contributed by atoms with E-state index < -0.39 is 0 Å². The standard InChI is InChI=1S/C9H13NO2/c1-2-6-12-9-5-3-4-8(7-11)10-9/h3-5,11H,2,6-7H2,1H3. The van der Waals surface area contributed by atoms with Gasteiger partial charge in [0.25, 0.3) is 0 Å². The third-order valence-corrected chi connectivity index (χ3v) is 1.40. The third kappa shape index (κ3) is 2.51. The fourth-order valence-electron chi connectivity index (χ4n) is 0.833. The summed E-state index contributed by atoms with van der Waals surface area (Å²) >= 11 is 0. The lowest BCUT2D eigenvalue weighted by Crippen LogP contribution is -1.98. The number of aliphatic hydroxyl groups excluding tert-OH is 1. The van der Waals surface area contributed by atoms with Crippen LogP contribution in [-0.2, 0) is 6.61 Å². The molecule has 1 aromatic heterocycles. The van der Waals surface area contributed by atoms with Crippen molar-refractivity contribution < 1.29 is 9.84 Å². The molecule has 1 N–H and O–H groups in total. The summed E-state index contributed by atoms with van der Waals surface area (Å²) in [6.45, 7) is 2.67. The normalized spacial score (nSPS) is 9.83. The smallest absolute Gasteiger partial charge is 0.213 e. The van der Waals surface area contributed by atoms with Crippen LogP contribution in [0.1, 0.15) is 19.0 Å². The summed E-state index contributed by atoms with van der Waals surface area (Å²) in [5.41, 5.74) is 0.642. The molecule has 0 amide bonds. The molecule has 1 heterocycles. The van der Waals surface area contributed by atoms with E-state index in [-0.39, 0.29) is 6.61 Å². The van der Waals surface area contributed by atoms with Crippen LogP contribution in [0, 0.1) is 0 Å². The van der Waals surface area contributed by atoms with Crippen molar-refractivity contribution in [3.05, 3.63) is 23.9 Å². The molecule has 0 aromatic carbocycles. The highest BCUT2D eigenvalue weighted by molar-refractivity contribution is 5.15. The molecule has 0 atom stereocenters. The van der Waals surface area contributed by atoms with Crippen molar-refractivity contribution in [1.29, 1.82) is 0 Å². The average Bonchev–Trinajstić information content (AvgIpc) is 2.15. The fraction of sp³-hybridized carbons (Fsp3) is 0.444. The summed E-state index contributed by atoms with van der Waals surface area (Å²) in [5.74, 6) is 0.586. The van der Waals surface area contributed by atoms with Gasteiger partial charge in [-0.25, -0.2) is 4.98 Å². The van der Waals surface area contributed by atoms with Crippen LogP contribution in [0.5, 0.6) is 5.88 Å². The van der Waals surface area contributed by atoms with Crippen LogP contribution in [0.25, 0.3) is 0 Å². The molecule has 66 valence electrons. The Hall–Kier alpha value is -1.09. The summed E-state index contributed by atoms with van der Waals surface area (Å²) in [4.78, 5) is 4.06. The number of aliphatic hydroxyl groups is 1. The van der Waals surface area contributed by atoms with Gasteiger partial charge in [-0.2, -0.15) is 0 Å². The first kappa shape index (κ1) is 9.00. The molecule has 0 unspecified atom stereocenters. The van der Waals surface area contributed by atoms with Crippen molar-refractivity contribution in [3.8, 4) is 5.88 Å². The second-order valence-electron chi connectivity index (χ2n) is 2.47. The van der Waals surface area contributed by atoms with E-state index in [1.54, 1.807) is 12.1 Å². The molecule has 0 saturated carbocycles. The number of nitrogens with zero attached hydrogens (tertiary/aromatic N) is 1. The predicted molar refractivity (Wildman–Crippen MR) is 45.9 cm³/mol. The van der Waals surface area contributed by atoms with Crippen LogP contribution >= 0.6 is 0 Å². The molecule has 3 nitrogen and oxygen atoms in total. The van der Waals surface area contributed by atoms with Crippen LogP contribution in [0.2, 0.25) is 0 Å². The summed E-state index contributed by atoms with van der Waals surface area (Å²) in [5, 5.41) is 8.77. The van der Waals surface area contributed by atoms with Crippen molar-refractivity contribution in [1.82, 2.24) is 4.98 Å². The van der Waals surface area contributed by atoms with Gasteiger partial charge in [0.2, 0.25) is 5.88 Å². The van der Waals surface area contributed by atoms with Gasteiger partial charge in [-0.1, -0.05) is 13.0 Å². The number of hydrogen-bond acceptors (Lipinski definition) is 3. The maximum atomic E-state index is 8.77. The first-order chi connectivity index (χ1) is 5.86. The zero-order chi connectivity index (χ0) is 8.81. The van der Waals surface area contributed by atoms with Gasteiger partial charge in [0.1, 0.15) is 0 Å². The van der Waals surface area contributed by atoms with E-state index in [9.17, 15) is 0 Å². The van der Waals surface area contributed by atoms with E-state index in [1.165, 1.54) is 0 Å². The van der Waals surface area contributed by atoms with Crippen molar-refractivity contribution in [2.75, 3.05) is 6.61 Å². The maximum Gasteiger partial charge on any atom is 0.213 e. The lowest BCUT2D eigenvalue weighted by atomic mass is 10.4. The van der Waals surface area contributed by atoms with Crippen LogP contribution in [0.4, 0.5) is 0 Å². The molecule has 0 aliphatic heterocycles. The molecule has 12 heavy (non-hydrogen) atoms. The minimum Gasteiger partial charge on any atom is -0.478 e. The Kier molecular flexibility index (Phi) is 3.54. The molecule has 0 aliphatic carbocycles. The van der Waals surface area contributed by atoms with Crippen LogP contribution in [0.3, 0.4) is 0 Å². The monoisotopic (exact) mass is 167 g/mol. The highest BCUT2D eigenvalue weighted by Crippen LogP contribution is 2.07. The average molecular weight is 167 g/mol. The SMILES string of the molecule is CCCOc1cccc(CO)n1. The number of rotatable bonds is 4. The van der Waals surface area contributed by atoms with Crippen molar-refractivity contribution in [2.24, 2.45) is 0 Å². The Balaban J connectivity index is 2.60. The van der Waals surface area contributed by atoms with E-state index in [1.807, 2.05) is 13.0 Å². The third-order valence-electron chi connectivity index (χ3n) is 1.40. The summed E-state index contributed by atoms with van der Waals surface area (Å²) < 4.78 is 5.28. The predicted octanol–water partition coefficient (Wildman–Crippen LogP) is 1.36. The highest BCUT2D eigenvalue weighted by Gasteiger charge is 1.95. The van der Waals surface area contributed by atoms with Crippen molar-refractivity contribution in [3.63, 3.8) is 0 Å². The van der Waals surface area contributed by atoms with Gasteiger partial charge in [0.15, 0.2) is 0 Å². The van der Waals surface area contributed by atoms with Crippen LogP contribution in [-0.4, -0.2) is 16.7 Å². The van der Waals surface area contributed by atoms with E-state index in [4.69, 9.17) is 9.84 Å². The lowest BCUT2D eigenvalue weighted by molar-refractivity contribution is 0.268. The molecule has 0 saturated heterocycles. The zero-order valence-corrected chi connectivity index (χ0v) is 7.16. The molecule has 0 aliphatic rings. The molecule has 1 aromatic rings. The maximum absolute atomic E-state index is 8.77. The Morgan fingerprint density at radius 3 is 3.00 bits per heavy atom. The van der Waals surface area contributed by atoms with E-state index in [0.29, 0.717) is 18.2 Å². The van der Waals surface area contributed by atoms with Gasteiger partial charge in [0, 0.05) is 6.07 Å². The Morgan fingerprint density at radius 1 is 1.50 bits per heavy atom. The number of hydrogen-bond donors (Lipinski definition) is 1. The zero-order valence-electron chi connectivity index (χ0n) is 7.16. The van der Waals surface area contributed by atoms with Gasteiger partial charge in [-0.15, -0.1) is 0 Å². The Labute approximate surface area is 72.0 Å². The van der Waals surface area contributed by atoms with Gasteiger partial charge < -0.3 is 9.84 Å². The second-order valence-corrected chi connectivity index (χ2v) is 2.47. The molecular weight excluding hydrogens is 154 g/mol. The number of ether oxygens (including phenoxy) is 1. The Morgan fingerprint density at radius 2 is 2.33 bits per heavy atom. The number of pyridine rings is 1. The van der Waals surface area contributed by atoms with Gasteiger partial charge >= 0.3 is 0 Å². The number of aromatic nitrogens is 1. The lowest BCUT2D eigenvalue weighted by Gasteiger charge is -2.03. The second kappa shape index (κ2) is 4.72. The molecule has 1 rings (SSSR count). The van der Waals surface area contributed by atoms with Gasteiger partial charge in [0.05, 0.1) is 18.9 Å². The van der Waals surface area contributed by atoms with Crippen LogP contribution < -0.4 is 4.74 Å². The highest BCUT2D eigenvalue weighted by atomic mass is 16.5. The van der Waals surface area contributed by atoms with E-state index in [2.05, 4.69) is 4.98 Å².